The van der Waals surface area contributed by atoms with E-state index in [9.17, 15) is 18.0 Å². The highest BCUT2D eigenvalue weighted by Gasteiger charge is 2.23. The van der Waals surface area contributed by atoms with E-state index in [1.165, 1.54) is 59.2 Å². The van der Waals surface area contributed by atoms with Gasteiger partial charge in [-0.2, -0.15) is 9.30 Å². The molecule has 3 aromatic rings. The molecule has 10 nitrogen and oxygen atoms in total. The fraction of sp³-hybridized carbons (Fsp3) is 0.208. The summed E-state index contributed by atoms with van der Waals surface area (Å²) in [4.78, 5) is 29.5. The zero-order valence-corrected chi connectivity index (χ0v) is 21.0. The van der Waals surface area contributed by atoms with Crippen LogP contribution in [0.1, 0.15) is 10.4 Å². The molecule has 2 heterocycles. The third-order valence-electron chi connectivity index (χ3n) is 5.29. The third kappa shape index (κ3) is 4.96. The maximum Gasteiger partial charge on any atom is 0.325 e. The number of sulfonamides is 1. The zero-order valence-electron chi connectivity index (χ0n) is 19.4. The topological polar surface area (TPSA) is 117 Å². The highest BCUT2D eigenvalue weighted by molar-refractivity contribution is 7.89. The Balaban J connectivity index is 1.70. The Morgan fingerprint density at radius 3 is 2.39 bits per heavy atom. The van der Waals surface area contributed by atoms with Crippen molar-refractivity contribution in [2.24, 2.45) is 4.99 Å². The predicted octanol–water partition coefficient (Wildman–Crippen LogP) is 2.71. The molecular formula is C24H23N3O7S2. The molecule has 188 valence electrons. The third-order valence-corrected chi connectivity index (χ3v) is 8.18. The van der Waals surface area contributed by atoms with Gasteiger partial charge in [-0.15, -0.1) is 13.2 Å². The molecule has 1 aliphatic rings. The van der Waals surface area contributed by atoms with Gasteiger partial charge < -0.3 is 18.8 Å². The molecule has 4 rings (SSSR count). The highest BCUT2D eigenvalue weighted by Crippen LogP contribution is 2.37. The van der Waals surface area contributed by atoms with Crippen LogP contribution in [0.4, 0.5) is 0 Å². The van der Waals surface area contributed by atoms with Crippen LogP contribution in [0.2, 0.25) is 0 Å². The average molecular weight is 530 g/mol. The number of hydrogen-bond acceptors (Lipinski definition) is 8. The number of thiazole rings is 1. The van der Waals surface area contributed by atoms with Crippen LogP contribution in [0.25, 0.3) is 10.2 Å². The first-order chi connectivity index (χ1) is 17.3. The van der Waals surface area contributed by atoms with Crippen LogP contribution in [0.15, 0.2) is 71.6 Å². The number of amides is 1. The molecule has 36 heavy (non-hydrogen) atoms. The van der Waals surface area contributed by atoms with Crippen molar-refractivity contribution in [3.8, 4) is 11.5 Å². The number of hydrogen-bond donors (Lipinski definition) is 0. The first kappa shape index (κ1) is 25.4. The SMILES string of the molecule is C=CCN(CC=C)S(=O)(=O)c1ccc(C(=O)N=c2sc3cc4c(cc3n2CC(=O)OC)OCO4)cc1. The summed E-state index contributed by atoms with van der Waals surface area (Å²) in [6, 6.07) is 8.98. The van der Waals surface area contributed by atoms with Crippen molar-refractivity contribution in [2.45, 2.75) is 11.4 Å². The number of carbonyl (C=O) groups excluding carboxylic acids is 2. The number of methoxy groups -OCH3 is 1. The number of benzene rings is 2. The summed E-state index contributed by atoms with van der Waals surface area (Å²) in [6.45, 7) is 7.36. The van der Waals surface area contributed by atoms with Gasteiger partial charge in [0.1, 0.15) is 6.54 Å². The quantitative estimate of drug-likeness (QED) is 0.309. The van der Waals surface area contributed by atoms with Gasteiger partial charge in [0.25, 0.3) is 5.91 Å². The summed E-state index contributed by atoms with van der Waals surface area (Å²) in [5.41, 5.74) is 0.816. The fourth-order valence-corrected chi connectivity index (χ4v) is 5.94. The van der Waals surface area contributed by atoms with Gasteiger partial charge in [-0.05, 0) is 24.3 Å². The summed E-state index contributed by atoms with van der Waals surface area (Å²) in [6.07, 6.45) is 2.97. The second kappa shape index (κ2) is 10.5. The Labute approximate surface area is 211 Å². The summed E-state index contributed by atoms with van der Waals surface area (Å²) in [7, 11) is -2.53. The molecular weight excluding hydrogens is 506 g/mol. The lowest BCUT2D eigenvalue weighted by Crippen LogP contribution is -2.31. The molecule has 0 saturated carbocycles. The molecule has 1 amide bonds. The molecule has 0 aliphatic carbocycles. The second-order valence-electron chi connectivity index (χ2n) is 7.56. The van der Waals surface area contributed by atoms with Crippen molar-refractivity contribution in [3.05, 3.63) is 72.1 Å². The minimum Gasteiger partial charge on any atom is -0.468 e. The largest absolute Gasteiger partial charge is 0.468 e. The van der Waals surface area contributed by atoms with E-state index >= 15 is 0 Å². The maximum absolute atomic E-state index is 13.0. The lowest BCUT2D eigenvalue weighted by molar-refractivity contribution is -0.141. The molecule has 0 fully saturated rings. The average Bonchev–Trinajstić information content (AvgIpc) is 3.46. The Morgan fingerprint density at radius 1 is 1.14 bits per heavy atom. The van der Waals surface area contributed by atoms with Crippen molar-refractivity contribution in [1.29, 1.82) is 0 Å². The van der Waals surface area contributed by atoms with E-state index in [4.69, 9.17) is 14.2 Å². The summed E-state index contributed by atoms with van der Waals surface area (Å²) >= 11 is 1.20. The number of nitrogens with zero attached hydrogens (tertiary/aromatic N) is 3. The van der Waals surface area contributed by atoms with Gasteiger partial charge in [-0.25, -0.2) is 8.42 Å². The maximum atomic E-state index is 13.0. The molecule has 2 aromatic carbocycles. The predicted molar refractivity (Wildman–Crippen MR) is 133 cm³/mol. The lowest BCUT2D eigenvalue weighted by atomic mass is 10.2. The molecule has 0 radical (unpaired) electrons. The summed E-state index contributed by atoms with van der Waals surface area (Å²) < 4.78 is 45.0. The highest BCUT2D eigenvalue weighted by atomic mass is 32.2. The van der Waals surface area contributed by atoms with Crippen molar-refractivity contribution >= 4 is 43.5 Å². The molecule has 1 aromatic heterocycles. The molecule has 0 N–H and O–H groups in total. The second-order valence-corrected chi connectivity index (χ2v) is 10.5. The zero-order chi connectivity index (χ0) is 25.9. The van der Waals surface area contributed by atoms with Gasteiger partial charge in [0, 0.05) is 30.8 Å². The van der Waals surface area contributed by atoms with Crippen molar-refractivity contribution in [3.63, 3.8) is 0 Å². The van der Waals surface area contributed by atoms with E-state index in [0.29, 0.717) is 17.0 Å². The smallest absolute Gasteiger partial charge is 0.325 e. The minimum atomic E-state index is -3.80. The van der Waals surface area contributed by atoms with E-state index in [-0.39, 0.29) is 41.7 Å². The Bertz CT molecular complexity index is 1510. The van der Waals surface area contributed by atoms with Crippen molar-refractivity contribution in [2.75, 3.05) is 27.0 Å². The van der Waals surface area contributed by atoms with Crippen LogP contribution in [-0.4, -0.2) is 56.2 Å². The van der Waals surface area contributed by atoms with Crippen LogP contribution in [0, 0.1) is 0 Å². The number of fused-ring (bicyclic) bond motifs is 2. The lowest BCUT2D eigenvalue weighted by Gasteiger charge is -2.19. The van der Waals surface area contributed by atoms with Crippen molar-refractivity contribution in [1.82, 2.24) is 8.87 Å². The minimum absolute atomic E-state index is 0.0277. The van der Waals surface area contributed by atoms with Gasteiger partial charge in [0.15, 0.2) is 16.3 Å². The van der Waals surface area contributed by atoms with Crippen LogP contribution in [-0.2, 0) is 26.1 Å². The normalized spacial score (nSPS) is 13.2. The fourth-order valence-electron chi connectivity index (χ4n) is 3.52. The molecule has 0 saturated heterocycles. The van der Waals surface area contributed by atoms with Crippen LogP contribution >= 0.6 is 11.3 Å². The van der Waals surface area contributed by atoms with Crippen LogP contribution in [0.3, 0.4) is 0 Å². The first-order valence-electron chi connectivity index (χ1n) is 10.7. The van der Waals surface area contributed by atoms with Gasteiger partial charge in [-0.3, -0.25) is 9.59 Å². The number of esters is 1. The van der Waals surface area contributed by atoms with E-state index < -0.39 is 21.9 Å². The molecule has 0 bridgehead atoms. The van der Waals surface area contributed by atoms with E-state index in [0.717, 1.165) is 4.70 Å². The standard InChI is InChI=1S/C24H23N3O7S2/c1-4-10-26(11-5-2)36(30,31)17-8-6-16(7-9-17)23(29)25-24-27(14-22(28)32-3)18-12-19-20(34-15-33-19)13-21(18)35-24/h4-9,12-13H,1-2,10-11,14-15H2,3H3. The van der Waals surface area contributed by atoms with E-state index in [1.807, 2.05) is 0 Å². The first-order valence-corrected chi connectivity index (χ1v) is 12.9. The Morgan fingerprint density at radius 2 is 1.78 bits per heavy atom. The van der Waals surface area contributed by atoms with Gasteiger partial charge in [0.2, 0.25) is 16.8 Å². The van der Waals surface area contributed by atoms with Crippen LogP contribution < -0.4 is 14.3 Å². The van der Waals surface area contributed by atoms with Crippen molar-refractivity contribution < 1.29 is 32.2 Å². The van der Waals surface area contributed by atoms with Gasteiger partial charge in [0.05, 0.1) is 22.2 Å². The number of carbonyl (C=O) groups is 2. The van der Waals surface area contributed by atoms with Gasteiger partial charge >= 0.3 is 5.97 Å². The molecule has 0 spiro atoms. The van der Waals surface area contributed by atoms with Crippen LogP contribution in [0.5, 0.6) is 11.5 Å². The number of ether oxygens (including phenoxy) is 3. The molecule has 0 atom stereocenters. The molecule has 0 unspecified atom stereocenters. The Hall–Kier alpha value is -3.74. The van der Waals surface area contributed by atoms with Gasteiger partial charge in [-0.1, -0.05) is 23.5 Å². The van der Waals surface area contributed by atoms with E-state index in [1.54, 1.807) is 16.7 Å². The molecule has 1 aliphatic heterocycles. The van der Waals surface area contributed by atoms with E-state index in [2.05, 4.69) is 18.2 Å². The summed E-state index contributed by atoms with van der Waals surface area (Å²) in [5.74, 6) is -0.0289. The summed E-state index contributed by atoms with van der Waals surface area (Å²) in [5, 5.41) is 0. The Kier molecular flexibility index (Phi) is 7.38. The number of rotatable bonds is 9. The molecule has 12 heteroatoms. The monoisotopic (exact) mass is 529 g/mol. The number of aromatic nitrogens is 1.